The van der Waals surface area contributed by atoms with Crippen molar-refractivity contribution in [2.75, 3.05) is 6.61 Å². The van der Waals surface area contributed by atoms with E-state index in [4.69, 9.17) is 16.9 Å². The Morgan fingerprint density at radius 1 is 1.56 bits per heavy atom. The minimum atomic E-state index is -3.14. The number of halogens is 3. The fraction of sp³-hybridized carbons (Fsp3) is 0.273. The SMILES string of the molecule is CCOC(=O)c1c(C#N)cc(Cl)cc1OC(F)F. The first-order valence-electron chi connectivity index (χ1n) is 4.85. The van der Waals surface area contributed by atoms with E-state index in [9.17, 15) is 13.6 Å². The molecule has 0 aliphatic rings. The summed E-state index contributed by atoms with van der Waals surface area (Å²) >= 11 is 5.64. The van der Waals surface area contributed by atoms with Gasteiger partial charge in [0.05, 0.1) is 12.2 Å². The van der Waals surface area contributed by atoms with E-state index in [0.29, 0.717) is 0 Å². The quantitative estimate of drug-likeness (QED) is 0.793. The van der Waals surface area contributed by atoms with E-state index in [0.717, 1.165) is 6.07 Å². The molecule has 0 amide bonds. The Morgan fingerprint density at radius 2 is 2.22 bits per heavy atom. The van der Waals surface area contributed by atoms with E-state index < -0.39 is 18.3 Å². The Hall–Kier alpha value is -1.87. The van der Waals surface area contributed by atoms with Crippen molar-refractivity contribution < 1.29 is 23.0 Å². The minimum Gasteiger partial charge on any atom is -0.462 e. The fourth-order valence-corrected chi connectivity index (χ4v) is 1.48. The van der Waals surface area contributed by atoms with Crippen LogP contribution < -0.4 is 4.74 Å². The molecule has 7 heteroatoms. The van der Waals surface area contributed by atoms with Crippen LogP contribution in [0.4, 0.5) is 8.78 Å². The molecule has 0 fully saturated rings. The molecular weight excluding hydrogens is 268 g/mol. The lowest BCUT2D eigenvalue weighted by atomic mass is 10.1. The van der Waals surface area contributed by atoms with Gasteiger partial charge in [0.15, 0.2) is 0 Å². The first kappa shape index (κ1) is 14.2. The smallest absolute Gasteiger partial charge is 0.387 e. The molecule has 0 heterocycles. The van der Waals surface area contributed by atoms with Crippen molar-refractivity contribution >= 4 is 17.6 Å². The molecule has 0 atom stereocenters. The van der Waals surface area contributed by atoms with Crippen LogP contribution in [0.3, 0.4) is 0 Å². The van der Waals surface area contributed by atoms with Crippen molar-refractivity contribution in [3.63, 3.8) is 0 Å². The molecule has 4 nitrogen and oxygen atoms in total. The Labute approximate surface area is 107 Å². The lowest BCUT2D eigenvalue weighted by molar-refractivity contribution is -0.0504. The third-order valence-corrected chi connectivity index (χ3v) is 2.10. The summed E-state index contributed by atoms with van der Waals surface area (Å²) in [6, 6.07) is 3.88. The van der Waals surface area contributed by atoms with Crippen molar-refractivity contribution in [1.29, 1.82) is 5.26 Å². The van der Waals surface area contributed by atoms with Crippen LogP contribution in [0.15, 0.2) is 12.1 Å². The first-order chi connectivity index (χ1) is 8.49. The number of ether oxygens (including phenoxy) is 2. The summed E-state index contributed by atoms with van der Waals surface area (Å²) in [5, 5.41) is 8.87. The van der Waals surface area contributed by atoms with Crippen molar-refractivity contribution in [2.24, 2.45) is 0 Å². The van der Waals surface area contributed by atoms with E-state index in [1.165, 1.54) is 6.07 Å². The van der Waals surface area contributed by atoms with Crippen LogP contribution >= 0.6 is 11.6 Å². The number of benzene rings is 1. The molecule has 0 aromatic heterocycles. The summed E-state index contributed by atoms with van der Waals surface area (Å²) in [5.74, 6) is -1.39. The Kier molecular flexibility index (Phi) is 4.86. The second-order valence-electron chi connectivity index (χ2n) is 3.04. The highest BCUT2D eigenvalue weighted by atomic mass is 35.5. The highest BCUT2D eigenvalue weighted by molar-refractivity contribution is 6.31. The monoisotopic (exact) mass is 275 g/mol. The summed E-state index contributed by atoms with van der Waals surface area (Å²) in [5.41, 5.74) is -0.541. The molecule has 0 radical (unpaired) electrons. The number of hydrogen-bond acceptors (Lipinski definition) is 4. The maximum atomic E-state index is 12.2. The maximum absolute atomic E-state index is 12.2. The maximum Gasteiger partial charge on any atom is 0.387 e. The van der Waals surface area contributed by atoms with Gasteiger partial charge >= 0.3 is 12.6 Å². The normalized spacial score (nSPS) is 10.0. The molecule has 0 N–H and O–H groups in total. The summed E-state index contributed by atoms with van der Waals surface area (Å²) in [4.78, 5) is 11.6. The second kappa shape index (κ2) is 6.17. The van der Waals surface area contributed by atoms with Gasteiger partial charge in [-0.2, -0.15) is 14.0 Å². The van der Waals surface area contributed by atoms with Crippen LogP contribution in [-0.4, -0.2) is 19.2 Å². The number of carbonyl (C=O) groups excluding carboxylic acids is 1. The standard InChI is InChI=1S/C11H8ClF2NO3/c1-2-17-10(16)9-6(5-15)3-7(12)4-8(9)18-11(13)14/h3-4,11H,2H2,1H3. The summed E-state index contributed by atoms with van der Waals surface area (Å²) in [6.45, 7) is -1.54. The number of nitrogens with zero attached hydrogens (tertiary/aromatic N) is 1. The summed E-state index contributed by atoms with van der Waals surface area (Å²) < 4.78 is 33.3. The zero-order valence-corrected chi connectivity index (χ0v) is 10.0. The van der Waals surface area contributed by atoms with Gasteiger partial charge in [-0.1, -0.05) is 11.6 Å². The van der Waals surface area contributed by atoms with Crippen molar-refractivity contribution in [3.8, 4) is 11.8 Å². The lowest BCUT2D eigenvalue weighted by Crippen LogP contribution is -2.12. The minimum absolute atomic E-state index is 0.00949. The summed E-state index contributed by atoms with van der Waals surface area (Å²) in [6.07, 6.45) is 0. The molecule has 18 heavy (non-hydrogen) atoms. The zero-order valence-electron chi connectivity index (χ0n) is 9.25. The number of rotatable bonds is 4. The highest BCUT2D eigenvalue weighted by Gasteiger charge is 2.22. The lowest BCUT2D eigenvalue weighted by Gasteiger charge is -2.11. The van der Waals surface area contributed by atoms with Gasteiger partial charge in [0, 0.05) is 5.02 Å². The van der Waals surface area contributed by atoms with Crippen LogP contribution in [0.1, 0.15) is 22.8 Å². The van der Waals surface area contributed by atoms with E-state index in [1.54, 1.807) is 13.0 Å². The third kappa shape index (κ3) is 3.31. The van der Waals surface area contributed by atoms with Gasteiger partial charge in [0.1, 0.15) is 17.4 Å². The van der Waals surface area contributed by atoms with Gasteiger partial charge in [0.25, 0.3) is 0 Å². The van der Waals surface area contributed by atoms with Crippen molar-refractivity contribution in [3.05, 3.63) is 28.3 Å². The molecule has 0 aliphatic carbocycles. The molecule has 1 rings (SSSR count). The average Bonchev–Trinajstić information content (AvgIpc) is 2.27. The molecule has 0 saturated carbocycles. The Balaban J connectivity index is 3.33. The van der Waals surface area contributed by atoms with Crippen LogP contribution in [-0.2, 0) is 4.74 Å². The van der Waals surface area contributed by atoms with Crippen LogP contribution in [0.2, 0.25) is 5.02 Å². The van der Waals surface area contributed by atoms with E-state index >= 15 is 0 Å². The largest absolute Gasteiger partial charge is 0.462 e. The van der Waals surface area contributed by atoms with Gasteiger partial charge in [-0.25, -0.2) is 4.79 Å². The van der Waals surface area contributed by atoms with E-state index in [2.05, 4.69) is 9.47 Å². The molecule has 1 aromatic rings. The zero-order chi connectivity index (χ0) is 13.7. The highest BCUT2D eigenvalue weighted by Crippen LogP contribution is 2.29. The average molecular weight is 276 g/mol. The van der Waals surface area contributed by atoms with E-state index in [-0.39, 0.29) is 22.8 Å². The molecule has 96 valence electrons. The number of carbonyl (C=O) groups is 1. The Bertz CT molecular complexity index is 500. The number of esters is 1. The topological polar surface area (TPSA) is 59.3 Å². The molecule has 0 unspecified atom stereocenters. The third-order valence-electron chi connectivity index (χ3n) is 1.88. The van der Waals surface area contributed by atoms with Gasteiger partial charge in [-0.15, -0.1) is 0 Å². The predicted molar refractivity (Wildman–Crippen MR) is 58.8 cm³/mol. The van der Waals surface area contributed by atoms with E-state index in [1.807, 2.05) is 0 Å². The molecule has 0 bridgehead atoms. The predicted octanol–water partition coefficient (Wildman–Crippen LogP) is 2.99. The number of hydrogen-bond donors (Lipinski definition) is 0. The summed E-state index contributed by atoms with van der Waals surface area (Å²) in [7, 11) is 0. The van der Waals surface area contributed by atoms with Gasteiger partial charge in [0.2, 0.25) is 0 Å². The molecular formula is C11H8ClF2NO3. The second-order valence-corrected chi connectivity index (χ2v) is 3.47. The molecule has 1 aromatic carbocycles. The van der Waals surface area contributed by atoms with Crippen LogP contribution in [0.5, 0.6) is 5.75 Å². The number of alkyl halides is 2. The molecule has 0 saturated heterocycles. The van der Waals surface area contributed by atoms with Gasteiger partial charge in [-0.05, 0) is 19.1 Å². The van der Waals surface area contributed by atoms with Gasteiger partial charge < -0.3 is 9.47 Å². The van der Waals surface area contributed by atoms with Crippen molar-refractivity contribution in [2.45, 2.75) is 13.5 Å². The van der Waals surface area contributed by atoms with Gasteiger partial charge in [-0.3, -0.25) is 0 Å². The molecule has 0 aliphatic heterocycles. The first-order valence-corrected chi connectivity index (χ1v) is 5.23. The van der Waals surface area contributed by atoms with Crippen LogP contribution in [0, 0.1) is 11.3 Å². The van der Waals surface area contributed by atoms with Crippen molar-refractivity contribution in [1.82, 2.24) is 0 Å². The fourth-order valence-electron chi connectivity index (χ4n) is 1.27. The Morgan fingerprint density at radius 3 is 2.72 bits per heavy atom. The van der Waals surface area contributed by atoms with Crippen LogP contribution in [0.25, 0.3) is 0 Å². The molecule has 0 spiro atoms. The number of nitriles is 1.